The third-order valence-electron chi connectivity index (χ3n) is 3.79. The molecule has 1 heterocycles. The minimum absolute atomic E-state index is 0.0482. The molecule has 1 aromatic rings. The van der Waals surface area contributed by atoms with E-state index in [1.54, 1.807) is 0 Å². The number of nitro groups is 1. The first kappa shape index (κ1) is 14.1. The van der Waals surface area contributed by atoms with Gasteiger partial charge in [-0.1, -0.05) is 37.8 Å². The average molecular weight is 284 g/mol. The second-order valence-electron chi connectivity index (χ2n) is 4.98. The molecule has 2 unspecified atom stereocenters. The van der Waals surface area contributed by atoms with Crippen molar-refractivity contribution in [3.05, 3.63) is 27.4 Å². The summed E-state index contributed by atoms with van der Waals surface area (Å²) in [5.74, 6) is 0.894. The van der Waals surface area contributed by atoms with Gasteiger partial charge in [0.2, 0.25) is 5.82 Å². The highest BCUT2D eigenvalue weighted by atomic mass is 35.5. The van der Waals surface area contributed by atoms with Gasteiger partial charge in [0.25, 0.3) is 0 Å². The van der Waals surface area contributed by atoms with Crippen molar-refractivity contribution in [3.8, 4) is 0 Å². The zero-order valence-electron chi connectivity index (χ0n) is 10.9. The smallest absolute Gasteiger partial charge is 0.312 e. The Morgan fingerprint density at radius 2 is 2.26 bits per heavy atom. The molecule has 0 aromatic carbocycles. The highest BCUT2D eigenvalue weighted by Crippen LogP contribution is 2.32. The Morgan fingerprint density at radius 1 is 1.53 bits per heavy atom. The van der Waals surface area contributed by atoms with E-state index in [-0.39, 0.29) is 16.8 Å². The first-order valence-electron chi connectivity index (χ1n) is 6.68. The lowest BCUT2D eigenvalue weighted by atomic mass is 9.83. The Kier molecular flexibility index (Phi) is 4.58. The van der Waals surface area contributed by atoms with Crippen LogP contribution in [0.15, 0.2) is 12.3 Å². The van der Waals surface area contributed by atoms with Crippen molar-refractivity contribution in [2.24, 2.45) is 5.92 Å². The quantitative estimate of drug-likeness (QED) is 0.669. The number of anilines is 1. The van der Waals surface area contributed by atoms with E-state index in [0.29, 0.717) is 11.7 Å². The Labute approximate surface area is 117 Å². The number of halogens is 1. The molecule has 1 fully saturated rings. The van der Waals surface area contributed by atoms with Gasteiger partial charge >= 0.3 is 5.69 Å². The molecular formula is C13H18ClN3O2. The largest absolute Gasteiger partial charge is 0.361 e. The average Bonchev–Trinajstić information content (AvgIpc) is 2.41. The third kappa shape index (κ3) is 3.35. The molecule has 19 heavy (non-hydrogen) atoms. The van der Waals surface area contributed by atoms with Crippen molar-refractivity contribution < 1.29 is 4.92 Å². The summed E-state index contributed by atoms with van der Waals surface area (Å²) in [5.41, 5.74) is -0.0482. The maximum atomic E-state index is 11.0. The van der Waals surface area contributed by atoms with Gasteiger partial charge in [0, 0.05) is 18.3 Å². The number of nitrogens with zero attached hydrogens (tertiary/aromatic N) is 2. The van der Waals surface area contributed by atoms with Gasteiger partial charge < -0.3 is 5.32 Å². The van der Waals surface area contributed by atoms with E-state index >= 15 is 0 Å². The van der Waals surface area contributed by atoms with Gasteiger partial charge in [0.1, 0.15) is 0 Å². The molecule has 1 aliphatic carbocycles. The van der Waals surface area contributed by atoms with Crippen LogP contribution in [-0.4, -0.2) is 15.9 Å². The van der Waals surface area contributed by atoms with Crippen LogP contribution in [0.1, 0.15) is 39.0 Å². The number of hydrogen-bond acceptors (Lipinski definition) is 4. The lowest BCUT2D eigenvalue weighted by molar-refractivity contribution is -0.384. The van der Waals surface area contributed by atoms with Crippen LogP contribution in [-0.2, 0) is 0 Å². The number of aromatic nitrogens is 1. The Hall–Kier alpha value is -1.36. The summed E-state index contributed by atoms with van der Waals surface area (Å²) in [6.45, 7) is 2.16. The zero-order valence-corrected chi connectivity index (χ0v) is 11.7. The second-order valence-corrected chi connectivity index (χ2v) is 5.42. The van der Waals surface area contributed by atoms with Gasteiger partial charge in [0.05, 0.1) is 9.95 Å². The number of rotatable bonds is 4. The predicted molar refractivity (Wildman–Crippen MR) is 75.6 cm³/mol. The van der Waals surface area contributed by atoms with E-state index in [4.69, 9.17) is 11.6 Å². The van der Waals surface area contributed by atoms with E-state index in [1.165, 1.54) is 25.1 Å². The molecule has 0 amide bonds. The Morgan fingerprint density at radius 3 is 2.95 bits per heavy atom. The fraction of sp³-hybridized carbons (Fsp3) is 0.615. The van der Waals surface area contributed by atoms with Gasteiger partial charge in [-0.05, 0) is 18.8 Å². The first-order valence-corrected chi connectivity index (χ1v) is 7.06. The Bertz CT molecular complexity index is 467. The summed E-state index contributed by atoms with van der Waals surface area (Å²) < 4.78 is 0. The summed E-state index contributed by atoms with van der Waals surface area (Å²) in [6.07, 6.45) is 7.15. The highest BCUT2D eigenvalue weighted by Gasteiger charge is 2.26. The van der Waals surface area contributed by atoms with Gasteiger partial charge in [-0.15, -0.1) is 0 Å². The fourth-order valence-corrected chi connectivity index (χ4v) is 2.89. The highest BCUT2D eigenvalue weighted by molar-refractivity contribution is 6.30. The van der Waals surface area contributed by atoms with Crippen LogP contribution in [0.25, 0.3) is 0 Å². The minimum Gasteiger partial charge on any atom is -0.361 e. The molecule has 0 saturated heterocycles. The maximum Gasteiger partial charge on any atom is 0.312 e. The van der Waals surface area contributed by atoms with Crippen LogP contribution < -0.4 is 5.32 Å². The molecule has 0 bridgehead atoms. The van der Waals surface area contributed by atoms with Crippen molar-refractivity contribution >= 4 is 23.1 Å². The van der Waals surface area contributed by atoms with Crippen LogP contribution in [0, 0.1) is 16.0 Å². The van der Waals surface area contributed by atoms with Gasteiger partial charge in [-0.2, -0.15) is 0 Å². The molecule has 0 radical (unpaired) electrons. The van der Waals surface area contributed by atoms with E-state index in [0.717, 1.165) is 19.3 Å². The molecular weight excluding hydrogens is 266 g/mol. The van der Waals surface area contributed by atoms with E-state index in [9.17, 15) is 10.1 Å². The summed E-state index contributed by atoms with van der Waals surface area (Å²) in [5, 5.41) is 14.6. The number of nitrogens with one attached hydrogen (secondary N) is 1. The third-order valence-corrected chi connectivity index (χ3v) is 3.99. The van der Waals surface area contributed by atoms with Crippen molar-refractivity contribution in [2.75, 3.05) is 5.32 Å². The van der Waals surface area contributed by atoms with Crippen molar-refractivity contribution in [1.29, 1.82) is 0 Å². The van der Waals surface area contributed by atoms with E-state index < -0.39 is 4.92 Å². The lowest BCUT2D eigenvalue weighted by Crippen LogP contribution is -2.32. The summed E-state index contributed by atoms with van der Waals surface area (Å²) in [6, 6.07) is 1.62. The molecule has 2 atom stereocenters. The van der Waals surface area contributed by atoms with Gasteiger partial charge in [-0.25, -0.2) is 4.98 Å². The van der Waals surface area contributed by atoms with Crippen LogP contribution in [0.3, 0.4) is 0 Å². The lowest BCUT2D eigenvalue weighted by Gasteiger charge is -2.31. The van der Waals surface area contributed by atoms with Crippen molar-refractivity contribution in [2.45, 2.75) is 45.1 Å². The van der Waals surface area contributed by atoms with Crippen LogP contribution in [0.5, 0.6) is 0 Å². The molecule has 0 spiro atoms. The molecule has 104 valence electrons. The normalized spacial score (nSPS) is 23.1. The summed E-state index contributed by atoms with van der Waals surface area (Å²) in [7, 11) is 0. The number of hydrogen-bond donors (Lipinski definition) is 1. The van der Waals surface area contributed by atoms with Gasteiger partial charge in [-0.3, -0.25) is 10.1 Å². The molecule has 0 aliphatic heterocycles. The topological polar surface area (TPSA) is 68.1 Å². The van der Waals surface area contributed by atoms with Crippen molar-refractivity contribution in [1.82, 2.24) is 4.98 Å². The zero-order chi connectivity index (χ0) is 13.8. The summed E-state index contributed by atoms with van der Waals surface area (Å²) in [4.78, 5) is 14.7. The number of pyridine rings is 1. The molecule has 2 rings (SSSR count). The monoisotopic (exact) mass is 283 g/mol. The van der Waals surface area contributed by atoms with E-state index in [1.807, 2.05) is 0 Å². The SMILES string of the molecule is CCC1CCCCC1Nc1ncc(Cl)cc1[N+](=O)[O-]. The second kappa shape index (κ2) is 6.19. The summed E-state index contributed by atoms with van der Waals surface area (Å²) >= 11 is 5.76. The predicted octanol–water partition coefficient (Wildman–Crippen LogP) is 4.02. The van der Waals surface area contributed by atoms with Crippen LogP contribution in [0.2, 0.25) is 5.02 Å². The van der Waals surface area contributed by atoms with Crippen LogP contribution in [0.4, 0.5) is 11.5 Å². The van der Waals surface area contributed by atoms with Gasteiger partial charge in [0.15, 0.2) is 0 Å². The minimum atomic E-state index is -0.439. The van der Waals surface area contributed by atoms with Crippen molar-refractivity contribution in [3.63, 3.8) is 0 Å². The molecule has 5 nitrogen and oxygen atoms in total. The maximum absolute atomic E-state index is 11.0. The molecule has 1 aromatic heterocycles. The Balaban J connectivity index is 2.20. The molecule has 1 aliphatic rings. The standard InChI is InChI=1S/C13H18ClN3O2/c1-2-9-5-3-4-6-11(9)16-13-12(17(18)19)7-10(14)8-15-13/h7-9,11H,2-6H2,1H3,(H,15,16). The molecule has 6 heteroatoms. The molecule has 1 saturated carbocycles. The fourth-order valence-electron chi connectivity index (χ4n) is 2.74. The first-order chi connectivity index (χ1) is 9.11. The van der Waals surface area contributed by atoms with Crippen LogP contribution >= 0.6 is 11.6 Å². The van der Waals surface area contributed by atoms with E-state index in [2.05, 4.69) is 17.2 Å². The molecule has 1 N–H and O–H groups in total.